The molecule has 0 bridgehead atoms. The van der Waals surface area contributed by atoms with Crippen LogP contribution in [0.15, 0.2) is 10.1 Å². The molecule has 5 heteroatoms. The van der Waals surface area contributed by atoms with Crippen LogP contribution in [-0.4, -0.2) is 23.2 Å². The van der Waals surface area contributed by atoms with Crippen LogP contribution in [0, 0.1) is 0 Å². The molecule has 0 radical (unpaired) electrons. The Morgan fingerprint density at radius 2 is 2.58 bits per heavy atom. The monoisotopic (exact) mass is 250 g/mol. The molecule has 0 spiro atoms. The Kier molecular flexibility index (Phi) is 4.14. The predicted octanol–water partition coefficient (Wildman–Crippen LogP) is 1.55. The molecule has 0 fully saturated rings. The number of hydrogen-bond acceptors (Lipinski definition) is 4. The van der Waals surface area contributed by atoms with Crippen LogP contribution in [-0.2, 0) is 0 Å². The van der Waals surface area contributed by atoms with Gasteiger partial charge in [-0.25, -0.2) is 4.98 Å². The first-order valence-electron chi connectivity index (χ1n) is 3.69. The molecule has 1 rings (SSSR count). The highest BCUT2D eigenvalue weighted by molar-refractivity contribution is 9.10. The summed E-state index contributed by atoms with van der Waals surface area (Å²) in [5, 5.41) is 11.8. The van der Waals surface area contributed by atoms with Gasteiger partial charge >= 0.3 is 0 Å². The zero-order valence-corrected chi connectivity index (χ0v) is 9.15. The maximum absolute atomic E-state index is 8.60. The summed E-state index contributed by atoms with van der Waals surface area (Å²) in [7, 11) is 0. The Morgan fingerprint density at radius 3 is 3.08 bits per heavy atom. The lowest BCUT2D eigenvalue weighted by atomic mass is 10.3. The molecular formula is C7H11BrN2OS. The number of thiazole rings is 1. The third-order valence-corrected chi connectivity index (χ3v) is 3.41. The minimum atomic E-state index is 0.167. The van der Waals surface area contributed by atoms with Gasteiger partial charge in [0, 0.05) is 12.6 Å². The van der Waals surface area contributed by atoms with Gasteiger partial charge in [-0.3, -0.25) is 0 Å². The van der Waals surface area contributed by atoms with E-state index < -0.39 is 0 Å². The Morgan fingerprint density at radius 1 is 1.83 bits per heavy atom. The molecule has 1 unspecified atom stereocenters. The second-order valence-electron chi connectivity index (χ2n) is 2.41. The average molecular weight is 251 g/mol. The smallest absolute Gasteiger partial charge is 0.121 e. The highest BCUT2D eigenvalue weighted by Crippen LogP contribution is 2.25. The molecule has 0 aliphatic carbocycles. The normalized spacial score (nSPS) is 13.2. The highest BCUT2D eigenvalue weighted by Gasteiger charge is 2.10. The van der Waals surface area contributed by atoms with Gasteiger partial charge in [-0.1, -0.05) is 0 Å². The number of aliphatic hydroxyl groups excluding tert-OH is 1. The number of aromatic nitrogens is 1. The van der Waals surface area contributed by atoms with Gasteiger partial charge < -0.3 is 10.4 Å². The zero-order valence-electron chi connectivity index (χ0n) is 6.75. The van der Waals surface area contributed by atoms with Crippen LogP contribution in [0.1, 0.15) is 17.8 Å². The highest BCUT2D eigenvalue weighted by atomic mass is 79.9. The van der Waals surface area contributed by atoms with E-state index in [0.717, 1.165) is 4.60 Å². The van der Waals surface area contributed by atoms with Crippen LogP contribution in [0.5, 0.6) is 0 Å². The minimum absolute atomic E-state index is 0.167. The lowest BCUT2D eigenvalue weighted by Crippen LogP contribution is -2.21. The van der Waals surface area contributed by atoms with E-state index in [1.165, 1.54) is 4.88 Å². The lowest BCUT2D eigenvalue weighted by Gasteiger charge is -2.10. The van der Waals surface area contributed by atoms with Gasteiger partial charge in [-0.05, 0) is 22.9 Å². The van der Waals surface area contributed by atoms with E-state index in [1.807, 2.05) is 6.92 Å². The number of nitrogens with one attached hydrogen (secondary N) is 1. The van der Waals surface area contributed by atoms with E-state index in [1.54, 1.807) is 16.8 Å². The number of halogens is 1. The van der Waals surface area contributed by atoms with Gasteiger partial charge in [0.1, 0.15) is 4.60 Å². The summed E-state index contributed by atoms with van der Waals surface area (Å²) in [6.45, 7) is 2.83. The number of nitrogens with zero attached hydrogens (tertiary/aromatic N) is 1. The third kappa shape index (κ3) is 2.52. The second kappa shape index (κ2) is 4.91. The summed E-state index contributed by atoms with van der Waals surface area (Å²) < 4.78 is 0.894. The summed E-state index contributed by atoms with van der Waals surface area (Å²) in [6, 6.07) is 0.249. The van der Waals surface area contributed by atoms with Crippen molar-refractivity contribution in [3.8, 4) is 0 Å². The van der Waals surface area contributed by atoms with Crippen LogP contribution in [0.25, 0.3) is 0 Å². The van der Waals surface area contributed by atoms with Crippen molar-refractivity contribution in [2.24, 2.45) is 0 Å². The molecule has 2 N–H and O–H groups in total. The van der Waals surface area contributed by atoms with Gasteiger partial charge in [-0.15, -0.1) is 11.3 Å². The van der Waals surface area contributed by atoms with E-state index in [0.29, 0.717) is 6.54 Å². The van der Waals surface area contributed by atoms with E-state index in [4.69, 9.17) is 5.11 Å². The molecule has 0 saturated carbocycles. The van der Waals surface area contributed by atoms with E-state index >= 15 is 0 Å². The van der Waals surface area contributed by atoms with Crippen LogP contribution in [0.4, 0.5) is 0 Å². The Hall–Kier alpha value is 0.0300. The molecule has 0 amide bonds. The second-order valence-corrected chi connectivity index (χ2v) is 4.04. The number of rotatable bonds is 4. The molecule has 1 heterocycles. The van der Waals surface area contributed by atoms with Crippen molar-refractivity contribution in [2.45, 2.75) is 13.0 Å². The quantitative estimate of drug-likeness (QED) is 0.853. The van der Waals surface area contributed by atoms with Crippen LogP contribution >= 0.6 is 27.3 Å². The van der Waals surface area contributed by atoms with Crippen LogP contribution < -0.4 is 5.32 Å². The molecule has 0 saturated heterocycles. The van der Waals surface area contributed by atoms with E-state index in [-0.39, 0.29) is 12.6 Å². The topological polar surface area (TPSA) is 45.1 Å². The zero-order chi connectivity index (χ0) is 8.97. The largest absolute Gasteiger partial charge is 0.395 e. The third-order valence-electron chi connectivity index (χ3n) is 1.50. The molecule has 68 valence electrons. The van der Waals surface area contributed by atoms with Gasteiger partial charge in [-0.2, -0.15) is 0 Å². The molecule has 1 aromatic heterocycles. The van der Waals surface area contributed by atoms with Crippen molar-refractivity contribution in [3.05, 3.63) is 15.0 Å². The fourth-order valence-corrected chi connectivity index (χ4v) is 2.47. The standard InChI is InChI=1S/C7H11BrN2OS/c1-5(9-2-3-11)6-7(8)10-4-12-6/h4-5,9,11H,2-3H2,1H3. The first kappa shape index (κ1) is 10.1. The van der Waals surface area contributed by atoms with Crippen molar-refractivity contribution in [1.82, 2.24) is 10.3 Å². The maximum Gasteiger partial charge on any atom is 0.121 e. The average Bonchev–Trinajstić information content (AvgIpc) is 2.47. The maximum atomic E-state index is 8.60. The first-order valence-corrected chi connectivity index (χ1v) is 5.36. The fraction of sp³-hybridized carbons (Fsp3) is 0.571. The van der Waals surface area contributed by atoms with Gasteiger partial charge in [0.05, 0.1) is 17.0 Å². The van der Waals surface area contributed by atoms with Crippen LogP contribution in [0.2, 0.25) is 0 Å². The molecule has 0 aliphatic rings. The van der Waals surface area contributed by atoms with Gasteiger partial charge in [0.25, 0.3) is 0 Å². The van der Waals surface area contributed by atoms with Gasteiger partial charge in [0.15, 0.2) is 0 Å². The summed E-state index contributed by atoms with van der Waals surface area (Å²) in [6.07, 6.45) is 0. The summed E-state index contributed by atoms with van der Waals surface area (Å²) >= 11 is 4.96. The molecule has 0 aliphatic heterocycles. The fourth-order valence-electron chi connectivity index (χ4n) is 0.896. The predicted molar refractivity (Wildman–Crippen MR) is 53.3 cm³/mol. The molecule has 1 atom stereocenters. The molecule has 1 aromatic rings. The Labute approximate surface area is 84.0 Å². The van der Waals surface area contributed by atoms with Crippen molar-refractivity contribution in [3.63, 3.8) is 0 Å². The van der Waals surface area contributed by atoms with Crippen molar-refractivity contribution < 1.29 is 5.11 Å². The van der Waals surface area contributed by atoms with Gasteiger partial charge in [0.2, 0.25) is 0 Å². The summed E-state index contributed by atoms with van der Waals surface area (Å²) in [5.74, 6) is 0. The summed E-state index contributed by atoms with van der Waals surface area (Å²) in [5.41, 5.74) is 1.80. The minimum Gasteiger partial charge on any atom is -0.395 e. The summed E-state index contributed by atoms with van der Waals surface area (Å²) in [4.78, 5) is 5.25. The van der Waals surface area contributed by atoms with Crippen molar-refractivity contribution >= 4 is 27.3 Å². The van der Waals surface area contributed by atoms with Crippen LogP contribution in [0.3, 0.4) is 0 Å². The Bertz CT molecular complexity index is 241. The molecule has 12 heavy (non-hydrogen) atoms. The van der Waals surface area contributed by atoms with E-state index in [9.17, 15) is 0 Å². The lowest BCUT2D eigenvalue weighted by molar-refractivity contribution is 0.286. The molecule has 3 nitrogen and oxygen atoms in total. The number of aliphatic hydroxyl groups is 1. The number of hydrogen-bond donors (Lipinski definition) is 2. The first-order chi connectivity index (χ1) is 5.75. The SMILES string of the molecule is CC(NCCO)c1scnc1Br. The van der Waals surface area contributed by atoms with Crippen molar-refractivity contribution in [1.29, 1.82) is 0 Å². The molecule has 0 aromatic carbocycles. The molecular weight excluding hydrogens is 240 g/mol. The Balaban J connectivity index is 2.52. The van der Waals surface area contributed by atoms with Crippen molar-refractivity contribution in [2.75, 3.05) is 13.2 Å². The van der Waals surface area contributed by atoms with E-state index in [2.05, 4.69) is 26.2 Å².